The number of nitrogens with zero attached hydrogens (tertiary/aromatic N) is 3. The molecule has 2 fully saturated rings. The third kappa shape index (κ3) is 7.52. The zero-order valence-corrected chi connectivity index (χ0v) is 24.6. The van der Waals surface area contributed by atoms with Gasteiger partial charge in [-0.2, -0.15) is 26.3 Å². The summed E-state index contributed by atoms with van der Waals surface area (Å²) in [6, 6.07) is 5.29. The average molecular weight is 630 g/mol. The molecule has 2 aliphatic rings. The maximum absolute atomic E-state index is 14.0. The summed E-state index contributed by atoms with van der Waals surface area (Å²) in [5.74, 6) is -3.10. The lowest BCUT2D eigenvalue weighted by atomic mass is 9.77. The predicted molar refractivity (Wildman–Crippen MR) is 146 cm³/mol. The van der Waals surface area contributed by atoms with E-state index in [4.69, 9.17) is 0 Å². The zero-order chi connectivity index (χ0) is 32.6. The summed E-state index contributed by atoms with van der Waals surface area (Å²) in [4.78, 5) is 43.6. The second kappa shape index (κ2) is 12.8. The van der Waals surface area contributed by atoms with Crippen LogP contribution in [0.4, 0.5) is 30.7 Å². The van der Waals surface area contributed by atoms with Crippen LogP contribution in [0.25, 0.3) is 0 Å². The molecule has 0 aliphatic carbocycles. The number of likely N-dealkylation sites (tertiary alicyclic amines) is 2. The highest BCUT2D eigenvalue weighted by molar-refractivity contribution is 5.83. The first-order chi connectivity index (χ1) is 20.5. The van der Waals surface area contributed by atoms with E-state index in [9.17, 15) is 45.1 Å². The van der Waals surface area contributed by atoms with Crippen LogP contribution in [0.3, 0.4) is 0 Å². The van der Waals surface area contributed by atoms with Crippen molar-refractivity contribution >= 4 is 17.7 Å². The molecule has 0 aromatic heterocycles. The molecule has 0 bridgehead atoms. The smallest absolute Gasteiger partial charge is 0.342 e. The minimum Gasteiger partial charge on any atom is -0.342 e. The van der Waals surface area contributed by atoms with Crippen LogP contribution in [-0.4, -0.2) is 65.6 Å². The second-order valence-electron chi connectivity index (χ2n) is 11.7. The van der Waals surface area contributed by atoms with Crippen molar-refractivity contribution in [2.45, 2.75) is 57.9 Å². The lowest BCUT2D eigenvalue weighted by Crippen LogP contribution is -2.51. The van der Waals surface area contributed by atoms with Crippen molar-refractivity contribution in [2.24, 2.45) is 11.8 Å². The summed E-state index contributed by atoms with van der Waals surface area (Å²) < 4.78 is 94.4. The lowest BCUT2D eigenvalue weighted by molar-refractivity contribution is -0.146. The zero-order valence-electron chi connectivity index (χ0n) is 24.6. The molecule has 240 valence electrons. The first-order valence-electron chi connectivity index (χ1n) is 14.3. The van der Waals surface area contributed by atoms with Crippen molar-refractivity contribution in [1.82, 2.24) is 14.7 Å². The highest BCUT2D eigenvalue weighted by atomic mass is 19.4. The molecule has 4 rings (SSSR count). The largest absolute Gasteiger partial charge is 0.416 e. The van der Waals surface area contributed by atoms with Crippen molar-refractivity contribution in [3.05, 3.63) is 70.0 Å². The van der Waals surface area contributed by atoms with E-state index in [0.717, 1.165) is 4.90 Å². The van der Waals surface area contributed by atoms with E-state index in [1.165, 1.54) is 32.2 Å². The third-order valence-corrected chi connectivity index (χ3v) is 8.53. The highest BCUT2D eigenvalue weighted by Gasteiger charge is 2.41. The number of rotatable bonds is 5. The monoisotopic (exact) mass is 629 g/mol. The van der Waals surface area contributed by atoms with Gasteiger partial charge in [0.15, 0.2) is 0 Å². The van der Waals surface area contributed by atoms with E-state index >= 15 is 0 Å². The molecular weight excluding hydrogens is 595 g/mol. The molecular formula is C31H34F7N3O3. The number of carbonyl (C=O) groups is 3. The Morgan fingerprint density at radius 3 is 2.09 bits per heavy atom. The summed E-state index contributed by atoms with van der Waals surface area (Å²) in [5, 5.41) is 0. The summed E-state index contributed by atoms with van der Waals surface area (Å²) in [6.45, 7) is 3.74. The lowest BCUT2D eigenvalue weighted by Gasteiger charge is -2.42. The Balaban J connectivity index is 1.60. The average Bonchev–Trinajstić information content (AvgIpc) is 2.95. The molecule has 1 unspecified atom stereocenters. The maximum atomic E-state index is 14.0. The highest BCUT2D eigenvalue weighted by Crippen LogP contribution is 2.39. The van der Waals surface area contributed by atoms with Crippen LogP contribution in [0.1, 0.15) is 59.9 Å². The molecule has 0 radical (unpaired) electrons. The summed E-state index contributed by atoms with van der Waals surface area (Å²) >= 11 is 0. The number of piperidine rings is 2. The molecule has 2 aliphatic heterocycles. The topological polar surface area (TPSA) is 60.9 Å². The maximum Gasteiger partial charge on any atom is 0.416 e. The number of halogens is 7. The van der Waals surface area contributed by atoms with Crippen LogP contribution >= 0.6 is 0 Å². The van der Waals surface area contributed by atoms with Crippen LogP contribution in [0, 0.1) is 24.6 Å². The van der Waals surface area contributed by atoms with Crippen LogP contribution in [0.5, 0.6) is 0 Å². The van der Waals surface area contributed by atoms with Crippen molar-refractivity contribution in [2.75, 3.05) is 33.2 Å². The number of aryl methyl sites for hydroxylation is 1. The number of carbonyl (C=O) groups excluding carboxylic acids is 3. The Kier molecular flexibility index (Phi) is 9.65. The minimum atomic E-state index is -5.02. The van der Waals surface area contributed by atoms with Gasteiger partial charge in [0.25, 0.3) is 0 Å². The standard InChI is InChI=1S/C31H34F7N3O3/c1-18-11-24(32)6-7-25(18)27-17-41(28(43)21-5-4-9-40(16-21)19(2)42)10-8-26(27)29(44)39(3)15-20-12-22(30(33,34)35)14-23(13-20)31(36,37)38/h6-7,11-14,21,26-27H,4-5,8-10,15-17H2,1-3H3/t21?,26-,27+/m1/s1. The number of hydrogen-bond acceptors (Lipinski definition) is 3. The molecule has 0 N–H and O–H groups in total. The van der Waals surface area contributed by atoms with Crippen LogP contribution < -0.4 is 0 Å². The first-order valence-corrected chi connectivity index (χ1v) is 14.3. The van der Waals surface area contributed by atoms with Crippen molar-refractivity contribution in [3.63, 3.8) is 0 Å². The SMILES string of the molecule is CC(=O)N1CCCC(C(=O)N2CC[C@@H](C(=O)N(C)Cc3cc(C(F)(F)F)cc(C(F)(F)F)c3)[C@H](c3ccc(F)cc3C)C2)C1. The first kappa shape index (κ1) is 33.3. The van der Waals surface area contributed by atoms with Gasteiger partial charge in [0.2, 0.25) is 17.7 Å². The van der Waals surface area contributed by atoms with E-state index in [2.05, 4.69) is 0 Å². The van der Waals surface area contributed by atoms with E-state index in [0.29, 0.717) is 42.6 Å². The van der Waals surface area contributed by atoms with Crippen LogP contribution in [0.15, 0.2) is 36.4 Å². The van der Waals surface area contributed by atoms with Gasteiger partial charge in [-0.05, 0) is 73.2 Å². The van der Waals surface area contributed by atoms with Gasteiger partial charge in [0, 0.05) is 58.5 Å². The summed E-state index contributed by atoms with van der Waals surface area (Å²) in [5.41, 5.74) is -2.12. The van der Waals surface area contributed by atoms with Gasteiger partial charge in [0.05, 0.1) is 17.0 Å². The molecule has 2 saturated heterocycles. The predicted octanol–water partition coefficient (Wildman–Crippen LogP) is 6.02. The Labute approximate surface area is 250 Å². The Hall–Kier alpha value is -3.64. The summed E-state index contributed by atoms with van der Waals surface area (Å²) in [6.07, 6.45) is -8.61. The minimum absolute atomic E-state index is 0.0351. The fourth-order valence-electron chi connectivity index (χ4n) is 6.29. The van der Waals surface area contributed by atoms with Gasteiger partial charge in [-0.3, -0.25) is 14.4 Å². The quantitative estimate of drug-likeness (QED) is 0.380. The molecule has 2 aromatic carbocycles. The molecule has 0 spiro atoms. The molecule has 0 saturated carbocycles. The fourth-order valence-corrected chi connectivity index (χ4v) is 6.29. The van der Waals surface area contributed by atoms with E-state index in [1.54, 1.807) is 16.7 Å². The second-order valence-corrected chi connectivity index (χ2v) is 11.7. The number of alkyl halides is 6. The Bertz CT molecular complexity index is 1380. The molecule has 6 nitrogen and oxygen atoms in total. The normalized spacial score (nSPS) is 21.3. The Morgan fingerprint density at radius 1 is 0.886 bits per heavy atom. The fraction of sp³-hybridized carbons (Fsp3) is 0.516. The van der Waals surface area contributed by atoms with Crippen molar-refractivity contribution in [1.29, 1.82) is 0 Å². The molecule has 3 atom stereocenters. The van der Waals surface area contributed by atoms with Crippen LogP contribution in [0.2, 0.25) is 0 Å². The van der Waals surface area contributed by atoms with Gasteiger partial charge >= 0.3 is 12.4 Å². The number of amides is 3. The molecule has 2 heterocycles. The number of hydrogen-bond donors (Lipinski definition) is 0. The molecule has 2 aromatic rings. The molecule has 44 heavy (non-hydrogen) atoms. The van der Waals surface area contributed by atoms with Gasteiger partial charge < -0.3 is 14.7 Å². The third-order valence-electron chi connectivity index (χ3n) is 8.53. The van der Waals surface area contributed by atoms with Gasteiger partial charge in [0.1, 0.15) is 5.82 Å². The van der Waals surface area contributed by atoms with Gasteiger partial charge in [-0.1, -0.05) is 6.07 Å². The van der Waals surface area contributed by atoms with Gasteiger partial charge in [-0.15, -0.1) is 0 Å². The van der Waals surface area contributed by atoms with E-state index in [1.807, 2.05) is 0 Å². The van der Waals surface area contributed by atoms with Gasteiger partial charge in [-0.25, -0.2) is 4.39 Å². The van der Waals surface area contributed by atoms with Crippen molar-refractivity contribution < 1.29 is 45.1 Å². The Morgan fingerprint density at radius 2 is 1.52 bits per heavy atom. The number of benzene rings is 2. The van der Waals surface area contributed by atoms with Crippen LogP contribution in [-0.2, 0) is 33.3 Å². The van der Waals surface area contributed by atoms with E-state index in [-0.39, 0.29) is 49.5 Å². The molecule has 3 amide bonds. The molecule has 13 heteroatoms. The van der Waals surface area contributed by atoms with Crippen molar-refractivity contribution in [3.8, 4) is 0 Å². The van der Waals surface area contributed by atoms with E-state index < -0.39 is 59.5 Å². The summed E-state index contributed by atoms with van der Waals surface area (Å²) in [7, 11) is 1.31.